The highest BCUT2D eigenvalue weighted by Crippen LogP contribution is 2.24. The van der Waals surface area contributed by atoms with Crippen molar-refractivity contribution in [2.75, 3.05) is 25.5 Å². The van der Waals surface area contributed by atoms with Crippen molar-refractivity contribution in [2.45, 2.75) is 25.4 Å². The third-order valence-corrected chi connectivity index (χ3v) is 3.16. The van der Waals surface area contributed by atoms with Crippen LogP contribution in [0, 0.1) is 11.6 Å². The van der Waals surface area contributed by atoms with Gasteiger partial charge in [-0.2, -0.15) is 0 Å². The molecule has 0 unspecified atom stereocenters. The van der Waals surface area contributed by atoms with E-state index in [2.05, 4.69) is 10.6 Å². The second-order valence-electron chi connectivity index (χ2n) is 5.14. The van der Waals surface area contributed by atoms with Crippen LogP contribution in [0.25, 0.3) is 0 Å². The highest BCUT2D eigenvalue weighted by molar-refractivity contribution is 5.81. The monoisotopic (exact) mass is 283 g/mol. The molecule has 1 saturated carbocycles. The standard InChI is InChI=1S/C14H19F2N3O/c1-17-7-9-5-11(15)14(12(16)6-9)19(2)8-13(20)18-10-3-4-10/h5-6,10,17H,3-4,7-8H2,1-2H3,(H,18,20). The summed E-state index contributed by atoms with van der Waals surface area (Å²) in [4.78, 5) is 13.0. The molecule has 0 spiro atoms. The predicted octanol–water partition coefficient (Wildman–Crippen LogP) is 1.40. The van der Waals surface area contributed by atoms with E-state index in [0.717, 1.165) is 12.8 Å². The van der Waals surface area contributed by atoms with E-state index >= 15 is 0 Å². The van der Waals surface area contributed by atoms with Gasteiger partial charge in [0, 0.05) is 19.6 Å². The van der Waals surface area contributed by atoms with Gasteiger partial charge in [0.05, 0.1) is 6.54 Å². The van der Waals surface area contributed by atoms with E-state index in [9.17, 15) is 13.6 Å². The van der Waals surface area contributed by atoms with E-state index in [1.54, 1.807) is 7.05 Å². The van der Waals surface area contributed by atoms with Gasteiger partial charge in [0.2, 0.25) is 5.91 Å². The number of carbonyl (C=O) groups is 1. The van der Waals surface area contributed by atoms with Crippen LogP contribution in [0.4, 0.5) is 14.5 Å². The molecule has 1 aliphatic rings. The van der Waals surface area contributed by atoms with Crippen LogP contribution in [-0.4, -0.2) is 32.6 Å². The number of likely N-dealkylation sites (N-methyl/N-ethyl adjacent to an activating group) is 1. The number of anilines is 1. The Labute approximate surface area is 117 Å². The number of halogens is 2. The Balaban J connectivity index is 2.07. The molecule has 0 heterocycles. The van der Waals surface area contributed by atoms with Gasteiger partial charge in [-0.3, -0.25) is 4.79 Å². The Morgan fingerprint density at radius 3 is 2.45 bits per heavy atom. The summed E-state index contributed by atoms with van der Waals surface area (Å²) in [6.07, 6.45) is 1.97. The van der Waals surface area contributed by atoms with Gasteiger partial charge in [-0.1, -0.05) is 0 Å². The van der Waals surface area contributed by atoms with Crippen LogP contribution in [0.5, 0.6) is 0 Å². The van der Waals surface area contributed by atoms with Crippen LogP contribution in [0.3, 0.4) is 0 Å². The Kier molecular flexibility index (Phi) is 4.54. The lowest BCUT2D eigenvalue weighted by molar-refractivity contribution is -0.119. The summed E-state index contributed by atoms with van der Waals surface area (Å²) < 4.78 is 27.9. The summed E-state index contributed by atoms with van der Waals surface area (Å²) in [5, 5.41) is 5.63. The van der Waals surface area contributed by atoms with Crippen molar-refractivity contribution in [3.05, 3.63) is 29.3 Å². The number of hydrogen-bond donors (Lipinski definition) is 2. The third kappa shape index (κ3) is 3.66. The molecule has 2 N–H and O–H groups in total. The fourth-order valence-electron chi connectivity index (χ4n) is 2.08. The molecule has 1 aliphatic carbocycles. The van der Waals surface area contributed by atoms with Crippen molar-refractivity contribution >= 4 is 11.6 Å². The molecule has 6 heteroatoms. The Morgan fingerprint density at radius 2 is 1.95 bits per heavy atom. The second-order valence-corrected chi connectivity index (χ2v) is 5.14. The lowest BCUT2D eigenvalue weighted by Crippen LogP contribution is -2.37. The Hall–Kier alpha value is -1.69. The number of nitrogens with zero attached hydrogens (tertiary/aromatic N) is 1. The lowest BCUT2D eigenvalue weighted by atomic mass is 10.1. The van der Waals surface area contributed by atoms with Gasteiger partial charge >= 0.3 is 0 Å². The first-order chi connectivity index (χ1) is 9.51. The highest BCUT2D eigenvalue weighted by Gasteiger charge is 2.24. The summed E-state index contributed by atoms with van der Waals surface area (Å²) in [6, 6.07) is 2.80. The van der Waals surface area contributed by atoms with Gasteiger partial charge in [-0.25, -0.2) is 8.78 Å². The highest BCUT2D eigenvalue weighted by atomic mass is 19.1. The number of amides is 1. The number of benzene rings is 1. The first-order valence-corrected chi connectivity index (χ1v) is 6.64. The zero-order valence-corrected chi connectivity index (χ0v) is 11.7. The van der Waals surface area contributed by atoms with E-state index in [1.165, 1.54) is 24.1 Å². The maximum atomic E-state index is 14.0. The number of hydrogen-bond acceptors (Lipinski definition) is 3. The first kappa shape index (κ1) is 14.7. The zero-order chi connectivity index (χ0) is 14.7. The largest absolute Gasteiger partial charge is 0.361 e. The molecular weight excluding hydrogens is 264 g/mol. The fraction of sp³-hybridized carbons (Fsp3) is 0.500. The third-order valence-electron chi connectivity index (χ3n) is 3.16. The van der Waals surface area contributed by atoms with Gasteiger partial charge in [-0.05, 0) is 37.6 Å². The molecule has 1 amide bonds. The van der Waals surface area contributed by atoms with Crippen molar-refractivity contribution in [3.8, 4) is 0 Å². The van der Waals surface area contributed by atoms with E-state index in [0.29, 0.717) is 12.1 Å². The second kappa shape index (κ2) is 6.17. The number of carbonyl (C=O) groups excluding carboxylic acids is 1. The predicted molar refractivity (Wildman–Crippen MR) is 73.6 cm³/mol. The molecule has 0 bridgehead atoms. The molecule has 4 nitrogen and oxygen atoms in total. The van der Waals surface area contributed by atoms with Crippen molar-refractivity contribution < 1.29 is 13.6 Å². The minimum absolute atomic E-state index is 0.0598. The first-order valence-electron chi connectivity index (χ1n) is 6.64. The summed E-state index contributed by atoms with van der Waals surface area (Å²) >= 11 is 0. The van der Waals surface area contributed by atoms with Gasteiger partial charge in [0.1, 0.15) is 17.3 Å². The van der Waals surface area contributed by atoms with Crippen LogP contribution < -0.4 is 15.5 Å². The number of rotatable bonds is 6. The molecule has 20 heavy (non-hydrogen) atoms. The van der Waals surface area contributed by atoms with Gasteiger partial charge in [0.15, 0.2) is 0 Å². The quantitative estimate of drug-likeness (QED) is 0.829. The molecule has 1 aromatic rings. The smallest absolute Gasteiger partial charge is 0.239 e. The molecular formula is C14H19F2N3O. The van der Waals surface area contributed by atoms with Crippen molar-refractivity contribution in [1.29, 1.82) is 0 Å². The molecule has 110 valence electrons. The average molecular weight is 283 g/mol. The molecule has 1 fully saturated rings. The van der Waals surface area contributed by atoms with Gasteiger partial charge < -0.3 is 15.5 Å². The SMILES string of the molecule is CNCc1cc(F)c(N(C)CC(=O)NC2CC2)c(F)c1. The molecule has 0 radical (unpaired) electrons. The summed E-state index contributed by atoms with van der Waals surface area (Å²) in [5.41, 5.74) is 0.359. The van der Waals surface area contributed by atoms with Gasteiger partial charge in [0.25, 0.3) is 0 Å². The van der Waals surface area contributed by atoms with Crippen molar-refractivity contribution in [2.24, 2.45) is 0 Å². The maximum absolute atomic E-state index is 14.0. The molecule has 0 aromatic heterocycles. The number of nitrogens with one attached hydrogen (secondary N) is 2. The Morgan fingerprint density at radius 1 is 1.35 bits per heavy atom. The normalized spacial score (nSPS) is 14.2. The van der Waals surface area contributed by atoms with E-state index < -0.39 is 11.6 Å². The lowest BCUT2D eigenvalue weighted by Gasteiger charge is -2.20. The van der Waals surface area contributed by atoms with Crippen LogP contribution in [0.1, 0.15) is 18.4 Å². The van der Waals surface area contributed by atoms with Crippen LogP contribution in [0.15, 0.2) is 12.1 Å². The minimum Gasteiger partial charge on any atom is -0.361 e. The van der Waals surface area contributed by atoms with Crippen molar-refractivity contribution in [3.63, 3.8) is 0 Å². The molecule has 2 rings (SSSR count). The summed E-state index contributed by atoms with van der Waals surface area (Å²) in [6.45, 7) is 0.329. The minimum atomic E-state index is -0.656. The molecule has 0 atom stereocenters. The zero-order valence-electron chi connectivity index (χ0n) is 11.7. The van der Waals surface area contributed by atoms with E-state index in [4.69, 9.17) is 0 Å². The van der Waals surface area contributed by atoms with Gasteiger partial charge in [-0.15, -0.1) is 0 Å². The summed E-state index contributed by atoms with van der Waals surface area (Å²) in [7, 11) is 3.21. The van der Waals surface area contributed by atoms with Crippen LogP contribution in [-0.2, 0) is 11.3 Å². The van der Waals surface area contributed by atoms with E-state index in [-0.39, 0.29) is 24.2 Å². The molecule has 1 aromatic carbocycles. The summed E-state index contributed by atoms with van der Waals surface area (Å²) in [5.74, 6) is -1.53. The maximum Gasteiger partial charge on any atom is 0.239 e. The average Bonchev–Trinajstić information content (AvgIpc) is 3.11. The molecule has 0 saturated heterocycles. The van der Waals surface area contributed by atoms with Crippen LogP contribution in [0.2, 0.25) is 0 Å². The fourth-order valence-corrected chi connectivity index (χ4v) is 2.08. The van der Waals surface area contributed by atoms with Crippen LogP contribution >= 0.6 is 0 Å². The topological polar surface area (TPSA) is 44.4 Å². The van der Waals surface area contributed by atoms with E-state index in [1.807, 2.05) is 0 Å². The Bertz CT molecular complexity index is 480. The van der Waals surface area contributed by atoms with Crippen molar-refractivity contribution in [1.82, 2.24) is 10.6 Å². The molecule has 0 aliphatic heterocycles.